The molecule has 4 rings (SSSR count). The van der Waals surface area contributed by atoms with Gasteiger partial charge in [0, 0.05) is 18.8 Å². The number of esters is 2. The highest BCUT2D eigenvalue weighted by Crippen LogP contribution is 2.45. The number of carbonyl (C=O) groups is 3. The molecule has 1 aromatic carbocycles. The van der Waals surface area contributed by atoms with Crippen LogP contribution < -0.4 is 0 Å². The molecule has 3 aliphatic rings. The van der Waals surface area contributed by atoms with Crippen molar-refractivity contribution >= 4 is 34.8 Å². The van der Waals surface area contributed by atoms with Crippen LogP contribution in [0.4, 0.5) is 4.39 Å². The molecule has 0 saturated carbocycles. The Balaban J connectivity index is 1.60. The molecule has 37 heavy (non-hydrogen) atoms. The van der Waals surface area contributed by atoms with Gasteiger partial charge in [0.15, 0.2) is 5.17 Å². The van der Waals surface area contributed by atoms with Crippen molar-refractivity contribution in [2.75, 3.05) is 19.7 Å². The first-order valence-electron chi connectivity index (χ1n) is 12.5. The predicted octanol–water partition coefficient (Wildman–Crippen LogP) is 4.54. The zero-order chi connectivity index (χ0) is 26.7. The number of amidine groups is 1. The molecule has 1 saturated heterocycles. The minimum absolute atomic E-state index is 0.0742. The molecule has 1 fully saturated rings. The van der Waals surface area contributed by atoms with Gasteiger partial charge in [-0.3, -0.25) is 9.59 Å². The number of rotatable bonds is 7. The topological polar surface area (TPSA) is 88.5 Å². The number of carbonyl (C=O) groups excluding carboxylic acids is 3. The van der Waals surface area contributed by atoms with Crippen LogP contribution in [0.5, 0.6) is 0 Å². The van der Waals surface area contributed by atoms with E-state index in [9.17, 15) is 18.8 Å². The zero-order valence-corrected chi connectivity index (χ0v) is 22.3. The van der Waals surface area contributed by atoms with Crippen molar-refractivity contribution in [2.45, 2.75) is 59.1 Å². The molecule has 0 spiro atoms. The lowest BCUT2D eigenvalue weighted by molar-refractivity contribution is -0.151. The monoisotopic (exact) mass is 529 g/mol. The van der Waals surface area contributed by atoms with E-state index in [0.29, 0.717) is 53.8 Å². The van der Waals surface area contributed by atoms with Crippen molar-refractivity contribution < 1.29 is 28.2 Å². The third-order valence-electron chi connectivity index (χ3n) is 6.48. The van der Waals surface area contributed by atoms with Gasteiger partial charge in [-0.05, 0) is 63.6 Å². The van der Waals surface area contributed by atoms with Crippen molar-refractivity contribution in [3.8, 4) is 0 Å². The maximum Gasteiger partial charge on any atom is 0.338 e. The molecular weight excluding hydrogens is 497 g/mol. The number of fused-ring (bicyclic) bond motifs is 1. The van der Waals surface area contributed by atoms with Gasteiger partial charge in [0.05, 0.1) is 42.4 Å². The molecule has 0 bridgehead atoms. The van der Waals surface area contributed by atoms with Crippen LogP contribution in [-0.4, -0.2) is 58.6 Å². The molecule has 1 amide bonds. The van der Waals surface area contributed by atoms with E-state index in [-0.39, 0.29) is 36.1 Å². The summed E-state index contributed by atoms with van der Waals surface area (Å²) in [7, 11) is 0. The second-order valence-electron chi connectivity index (χ2n) is 9.51. The molecule has 10 heteroatoms. The van der Waals surface area contributed by atoms with E-state index >= 15 is 0 Å². The summed E-state index contributed by atoms with van der Waals surface area (Å²) < 4.78 is 24.5. The van der Waals surface area contributed by atoms with Gasteiger partial charge in [0.1, 0.15) is 5.82 Å². The second-order valence-corrected chi connectivity index (χ2v) is 10.3. The van der Waals surface area contributed by atoms with Crippen molar-refractivity contribution in [1.29, 1.82) is 0 Å². The van der Waals surface area contributed by atoms with Crippen LogP contribution in [0.15, 0.2) is 51.6 Å². The van der Waals surface area contributed by atoms with E-state index in [1.807, 2.05) is 10.3 Å². The summed E-state index contributed by atoms with van der Waals surface area (Å²) in [5.41, 5.74) is 2.24. The molecule has 3 heterocycles. The fourth-order valence-corrected chi connectivity index (χ4v) is 5.76. The predicted molar refractivity (Wildman–Crippen MR) is 139 cm³/mol. The van der Waals surface area contributed by atoms with E-state index < -0.39 is 12.0 Å². The minimum atomic E-state index is -0.623. The Labute approximate surface area is 220 Å². The van der Waals surface area contributed by atoms with Crippen molar-refractivity contribution in [1.82, 2.24) is 9.80 Å². The van der Waals surface area contributed by atoms with Crippen LogP contribution in [-0.2, 0) is 23.9 Å². The maximum absolute atomic E-state index is 13.8. The number of allylic oxidation sites excluding steroid dienone is 1. The van der Waals surface area contributed by atoms with E-state index in [2.05, 4.69) is 4.99 Å². The first-order chi connectivity index (χ1) is 17.7. The summed E-state index contributed by atoms with van der Waals surface area (Å²) in [5.74, 6) is -1.60. The Morgan fingerprint density at radius 1 is 1.22 bits per heavy atom. The number of ether oxygens (including phenoxy) is 2. The van der Waals surface area contributed by atoms with Crippen LogP contribution in [0.2, 0.25) is 0 Å². The molecule has 0 unspecified atom stereocenters. The van der Waals surface area contributed by atoms with Crippen LogP contribution in [0.25, 0.3) is 0 Å². The van der Waals surface area contributed by atoms with Crippen LogP contribution in [0, 0.1) is 11.7 Å². The lowest BCUT2D eigenvalue weighted by Crippen LogP contribution is -2.44. The van der Waals surface area contributed by atoms with Crippen molar-refractivity contribution in [2.24, 2.45) is 10.9 Å². The Morgan fingerprint density at radius 3 is 2.62 bits per heavy atom. The molecule has 0 aromatic heterocycles. The number of benzene rings is 1. The molecule has 2 atom stereocenters. The number of nitrogens with zero attached hydrogens (tertiary/aromatic N) is 3. The molecular formula is C27H32FN3O5S. The summed E-state index contributed by atoms with van der Waals surface area (Å²) >= 11 is 1.38. The van der Waals surface area contributed by atoms with E-state index in [0.717, 1.165) is 6.42 Å². The Hall–Kier alpha value is -3.14. The lowest BCUT2D eigenvalue weighted by Gasteiger charge is -2.37. The SMILES string of the molecule is CCOC(=O)[C@@H]1CCCN(C(=O)CC2=CSC3=NC(C)=C(C(=O)OC(C)C)[C@H](c4ccc(F)cc4)N23)C1. The second kappa shape index (κ2) is 11.5. The van der Waals surface area contributed by atoms with Gasteiger partial charge in [-0.15, -0.1) is 0 Å². The van der Waals surface area contributed by atoms with E-state index in [1.54, 1.807) is 44.7 Å². The number of hydrogen-bond acceptors (Lipinski definition) is 8. The van der Waals surface area contributed by atoms with Gasteiger partial charge in [-0.25, -0.2) is 14.2 Å². The highest BCUT2D eigenvalue weighted by Gasteiger charge is 2.42. The molecule has 3 aliphatic heterocycles. The standard InChI is InChI=1S/C27H32FN3O5S/c1-5-35-25(33)19-7-6-12-30(14-19)22(32)13-21-15-37-27-29-17(4)23(26(34)36-16(2)3)24(31(21)27)18-8-10-20(28)11-9-18/h8-11,15-16,19,24H,5-7,12-14H2,1-4H3/t19-,24+/m1/s1. The van der Waals surface area contributed by atoms with Gasteiger partial charge >= 0.3 is 11.9 Å². The average molecular weight is 530 g/mol. The van der Waals surface area contributed by atoms with Gasteiger partial charge in [-0.2, -0.15) is 0 Å². The zero-order valence-electron chi connectivity index (χ0n) is 21.5. The summed E-state index contributed by atoms with van der Waals surface area (Å²) in [6.45, 7) is 8.28. The van der Waals surface area contributed by atoms with Gasteiger partial charge in [0.25, 0.3) is 0 Å². The number of amides is 1. The summed E-state index contributed by atoms with van der Waals surface area (Å²) in [5, 5.41) is 2.50. The van der Waals surface area contributed by atoms with Gasteiger partial charge in [0.2, 0.25) is 5.91 Å². The normalized spacial score (nSPS) is 21.5. The Kier molecular flexibility index (Phi) is 8.36. The summed E-state index contributed by atoms with van der Waals surface area (Å²) in [6.07, 6.45) is 1.17. The first kappa shape index (κ1) is 26.9. The highest BCUT2D eigenvalue weighted by molar-refractivity contribution is 8.16. The molecule has 0 N–H and O–H groups in total. The molecule has 1 aromatic rings. The number of likely N-dealkylation sites (tertiary alicyclic amines) is 1. The average Bonchev–Trinajstić information content (AvgIpc) is 3.25. The van der Waals surface area contributed by atoms with E-state index in [4.69, 9.17) is 9.47 Å². The number of halogens is 1. The fourth-order valence-electron chi connectivity index (χ4n) is 4.79. The van der Waals surface area contributed by atoms with E-state index in [1.165, 1.54) is 23.9 Å². The van der Waals surface area contributed by atoms with Crippen molar-refractivity contribution in [3.63, 3.8) is 0 Å². The number of thioether (sulfide) groups is 1. The fraction of sp³-hybridized carbons (Fsp3) is 0.481. The summed E-state index contributed by atoms with van der Waals surface area (Å²) in [6, 6.07) is 5.35. The molecule has 8 nitrogen and oxygen atoms in total. The number of aliphatic imine (C=N–C) groups is 1. The van der Waals surface area contributed by atoms with Gasteiger partial charge < -0.3 is 19.3 Å². The largest absolute Gasteiger partial charge is 0.466 e. The minimum Gasteiger partial charge on any atom is -0.466 e. The lowest BCUT2D eigenvalue weighted by atomic mass is 9.93. The molecule has 0 radical (unpaired) electrons. The van der Waals surface area contributed by atoms with Crippen molar-refractivity contribution in [3.05, 3.63) is 58.0 Å². The maximum atomic E-state index is 13.8. The quantitative estimate of drug-likeness (QED) is 0.479. The molecule has 198 valence electrons. The third-order valence-corrected chi connectivity index (χ3v) is 7.36. The summed E-state index contributed by atoms with van der Waals surface area (Å²) in [4.78, 5) is 47.0. The van der Waals surface area contributed by atoms with Crippen LogP contribution >= 0.6 is 11.8 Å². The Bertz CT molecular complexity index is 1160. The highest BCUT2D eigenvalue weighted by atomic mass is 32.2. The smallest absolute Gasteiger partial charge is 0.338 e. The Morgan fingerprint density at radius 2 is 1.95 bits per heavy atom. The van der Waals surface area contributed by atoms with Crippen LogP contribution in [0.3, 0.4) is 0 Å². The third kappa shape index (κ3) is 5.89. The number of hydrogen-bond donors (Lipinski definition) is 0. The van der Waals surface area contributed by atoms with Gasteiger partial charge in [-0.1, -0.05) is 23.9 Å². The molecule has 0 aliphatic carbocycles. The first-order valence-corrected chi connectivity index (χ1v) is 13.4. The number of piperidine rings is 1. The van der Waals surface area contributed by atoms with Crippen LogP contribution in [0.1, 0.15) is 58.6 Å².